The predicted molar refractivity (Wildman–Crippen MR) is 92.6 cm³/mol. The van der Waals surface area contributed by atoms with E-state index >= 15 is 0 Å². The lowest BCUT2D eigenvalue weighted by Gasteiger charge is -2.38. The van der Waals surface area contributed by atoms with Crippen molar-refractivity contribution >= 4 is 35.8 Å². The quantitative estimate of drug-likeness (QED) is 0.330. The molecule has 2 rings (SSSR count). The first kappa shape index (κ1) is 17.5. The second-order valence-corrected chi connectivity index (χ2v) is 5.74. The van der Waals surface area contributed by atoms with Gasteiger partial charge in [-0.1, -0.05) is 6.42 Å². The number of carbonyl (C=O) groups is 1. The van der Waals surface area contributed by atoms with Crippen LogP contribution in [0.15, 0.2) is 4.99 Å². The first-order chi connectivity index (χ1) is 9.15. The van der Waals surface area contributed by atoms with Crippen LogP contribution < -0.4 is 10.6 Å². The van der Waals surface area contributed by atoms with Crippen molar-refractivity contribution in [3.05, 3.63) is 0 Å². The van der Waals surface area contributed by atoms with Gasteiger partial charge < -0.3 is 15.5 Å². The molecule has 2 aliphatic rings. The minimum Gasteiger partial charge on any atom is -0.357 e. The van der Waals surface area contributed by atoms with E-state index in [1.807, 2.05) is 0 Å². The van der Waals surface area contributed by atoms with Crippen LogP contribution in [0.4, 0.5) is 0 Å². The number of hydrogen-bond acceptors (Lipinski definition) is 2. The van der Waals surface area contributed by atoms with E-state index in [0.29, 0.717) is 18.5 Å². The van der Waals surface area contributed by atoms with Crippen LogP contribution in [0, 0.1) is 5.41 Å². The van der Waals surface area contributed by atoms with Crippen molar-refractivity contribution in [2.24, 2.45) is 10.4 Å². The number of aliphatic imine (C=N–C) groups is 1. The summed E-state index contributed by atoms with van der Waals surface area (Å²) in [6, 6.07) is 0. The Balaban J connectivity index is 0.00000200. The van der Waals surface area contributed by atoms with E-state index in [4.69, 9.17) is 0 Å². The molecule has 0 bridgehead atoms. The molecule has 1 aliphatic heterocycles. The first-order valence-corrected chi connectivity index (χ1v) is 7.43. The van der Waals surface area contributed by atoms with Gasteiger partial charge in [-0.25, -0.2) is 0 Å². The Kier molecular flexibility index (Phi) is 7.05. The second kappa shape index (κ2) is 8.05. The monoisotopic (exact) mass is 394 g/mol. The zero-order valence-electron chi connectivity index (χ0n) is 12.6. The summed E-state index contributed by atoms with van der Waals surface area (Å²) in [7, 11) is 0. The van der Waals surface area contributed by atoms with Crippen LogP contribution in [-0.4, -0.2) is 49.5 Å². The Hall–Kier alpha value is -0.530. The van der Waals surface area contributed by atoms with E-state index in [0.717, 1.165) is 25.6 Å². The number of guanidine groups is 1. The third kappa shape index (κ3) is 4.49. The van der Waals surface area contributed by atoms with Gasteiger partial charge in [-0.15, -0.1) is 24.0 Å². The first-order valence-electron chi connectivity index (χ1n) is 7.43. The van der Waals surface area contributed by atoms with Gasteiger partial charge in [0, 0.05) is 33.1 Å². The average molecular weight is 394 g/mol. The lowest BCUT2D eigenvalue weighted by Crippen LogP contribution is -2.43. The van der Waals surface area contributed by atoms with Gasteiger partial charge in [-0.05, 0) is 31.6 Å². The van der Waals surface area contributed by atoms with E-state index in [1.165, 1.54) is 32.6 Å². The molecule has 0 radical (unpaired) electrons. The van der Waals surface area contributed by atoms with Crippen LogP contribution in [0.3, 0.4) is 0 Å². The molecular weight excluding hydrogens is 367 g/mol. The minimum atomic E-state index is 0. The average Bonchev–Trinajstić information content (AvgIpc) is 2.78. The standard InChI is InChI=1S/C14H26N4O.HI/c1-3-15-13(17-9-8-16-12(2)19)18-10-7-14(11-18)5-4-6-14;/h3-11H2,1-2H3,(H,15,17)(H,16,19);1H. The third-order valence-corrected chi connectivity index (χ3v) is 4.23. The molecule has 5 nitrogen and oxygen atoms in total. The van der Waals surface area contributed by atoms with Gasteiger partial charge in [0.1, 0.15) is 0 Å². The van der Waals surface area contributed by atoms with Crippen LogP contribution in [0.1, 0.15) is 39.5 Å². The number of likely N-dealkylation sites (tertiary alicyclic amines) is 1. The highest BCUT2D eigenvalue weighted by Gasteiger charge is 2.43. The van der Waals surface area contributed by atoms with Crippen molar-refractivity contribution in [2.75, 3.05) is 32.7 Å². The van der Waals surface area contributed by atoms with Gasteiger partial charge in [0.15, 0.2) is 5.96 Å². The van der Waals surface area contributed by atoms with E-state index in [-0.39, 0.29) is 29.9 Å². The molecule has 1 heterocycles. The van der Waals surface area contributed by atoms with Crippen molar-refractivity contribution in [3.8, 4) is 0 Å². The highest BCUT2D eigenvalue weighted by Crippen LogP contribution is 2.47. The maximum atomic E-state index is 10.8. The van der Waals surface area contributed by atoms with E-state index in [1.54, 1.807) is 0 Å². The fraction of sp³-hybridized carbons (Fsp3) is 0.857. The smallest absolute Gasteiger partial charge is 0.216 e. The summed E-state index contributed by atoms with van der Waals surface area (Å²) in [5.41, 5.74) is 0.591. The number of amides is 1. The normalized spacial score (nSPS) is 20.3. The molecule has 6 heteroatoms. The van der Waals surface area contributed by atoms with Crippen molar-refractivity contribution in [1.29, 1.82) is 0 Å². The van der Waals surface area contributed by atoms with E-state index < -0.39 is 0 Å². The van der Waals surface area contributed by atoms with Crippen molar-refractivity contribution in [1.82, 2.24) is 15.5 Å². The van der Waals surface area contributed by atoms with E-state index in [9.17, 15) is 4.79 Å². The summed E-state index contributed by atoms with van der Waals surface area (Å²) in [5, 5.41) is 6.14. The summed E-state index contributed by atoms with van der Waals surface area (Å²) in [5.74, 6) is 1.02. The Morgan fingerprint density at radius 1 is 1.30 bits per heavy atom. The topological polar surface area (TPSA) is 56.7 Å². The van der Waals surface area contributed by atoms with Gasteiger partial charge in [0.25, 0.3) is 0 Å². The van der Waals surface area contributed by atoms with Crippen molar-refractivity contribution < 1.29 is 4.79 Å². The van der Waals surface area contributed by atoms with Crippen LogP contribution in [0.2, 0.25) is 0 Å². The summed E-state index contributed by atoms with van der Waals surface area (Å²) in [4.78, 5) is 17.8. The SMILES string of the molecule is CCNC(=NCCNC(C)=O)N1CCC2(CCC2)C1.I. The Morgan fingerprint density at radius 3 is 2.55 bits per heavy atom. The van der Waals surface area contributed by atoms with Gasteiger partial charge in [0.2, 0.25) is 5.91 Å². The number of nitrogens with zero attached hydrogens (tertiary/aromatic N) is 2. The number of hydrogen-bond donors (Lipinski definition) is 2. The second-order valence-electron chi connectivity index (χ2n) is 5.74. The molecule has 1 spiro atoms. The largest absolute Gasteiger partial charge is 0.357 e. The van der Waals surface area contributed by atoms with E-state index in [2.05, 4.69) is 27.4 Å². The molecule has 0 atom stereocenters. The Labute approximate surface area is 139 Å². The molecule has 116 valence electrons. The highest BCUT2D eigenvalue weighted by molar-refractivity contribution is 14.0. The van der Waals surface area contributed by atoms with Crippen molar-refractivity contribution in [2.45, 2.75) is 39.5 Å². The molecular formula is C14H27IN4O. The lowest BCUT2D eigenvalue weighted by atomic mass is 9.68. The van der Waals surface area contributed by atoms with Crippen LogP contribution >= 0.6 is 24.0 Å². The number of halogens is 1. The maximum Gasteiger partial charge on any atom is 0.216 e. The molecule has 2 N–H and O–H groups in total. The van der Waals surface area contributed by atoms with Crippen LogP contribution in [0.5, 0.6) is 0 Å². The van der Waals surface area contributed by atoms with Crippen molar-refractivity contribution in [3.63, 3.8) is 0 Å². The molecule has 20 heavy (non-hydrogen) atoms. The predicted octanol–water partition coefficient (Wildman–Crippen LogP) is 1.58. The highest BCUT2D eigenvalue weighted by atomic mass is 127. The fourth-order valence-corrected chi connectivity index (χ4v) is 3.02. The Morgan fingerprint density at radius 2 is 2.05 bits per heavy atom. The summed E-state index contributed by atoms with van der Waals surface area (Å²) < 4.78 is 0. The molecule has 0 aromatic rings. The molecule has 0 unspecified atom stereocenters. The maximum absolute atomic E-state index is 10.8. The number of nitrogens with one attached hydrogen (secondary N) is 2. The third-order valence-electron chi connectivity index (χ3n) is 4.23. The van der Waals surface area contributed by atoms with Gasteiger partial charge in [0.05, 0.1) is 6.54 Å². The minimum absolute atomic E-state index is 0. The Bertz CT molecular complexity index is 355. The zero-order valence-corrected chi connectivity index (χ0v) is 14.9. The summed E-state index contributed by atoms with van der Waals surface area (Å²) >= 11 is 0. The van der Waals surface area contributed by atoms with Gasteiger partial charge in [-0.3, -0.25) is 9.79 Å². The molecule has 0 aromatic carbocycles. The fourth-order valence-electron chi connectivity index (χ4n) is 3.02. The molecule has 1 aliphatic carbocycles. The van der Waals surface area contributed by atoms with Gasteiger partial charge in [-0.2, -0.15) is 0 Å². The number of carbonyl (C=O) groups excluding carboxylic acids is 1. The molecule has 0 aromatic heterocycles. The number of rotatable bonds is 4. The molecule has 1 saturated heterocycles. The summed E-state index contributed by atoms with van der Waals surface area (Å²) in [6.07, 6.45) is 5.47. The van der Waals surface area contributed by atoms with Crippen LogP contribution in [0.25, 0.3) is 0 Å². The molecule has 1 saturated carbocycles. The van der Waals surface area contributed by atoms with Gasteiger partial charge >= 0.3 is 0 Å². The lowest BCUT2D eigenvalue weighted by molar-refractivity contribution is -0.118. The van der Waals surface area contributed by atoms with Crippen LogP contribution in [-0.2, 0) is 4.79 Å². The molecule has 1 amide bonds. The zero-order chi connectivity index (χ0) is 13.7. The summed E-state index contributed by atoms with van der Waals surface area (Å²) in [6.45, 7) is 8.05. The molecule has 2 fully saturated rings.